The van der Waals surface area contributed by atoms with Crippen LogP contribution in [0.3, 0.4) is 0 Å². The van der Waals surface area contributed by atoms with Crippen LogP contribution in [0.4, 0.5) is 0 Å². The second-order valence-corrected chi connectivity index (χ2v) is 4.60. The minimum atomic E-state index is 0.319. The predicted octanol–water partition coefficient (Wildman–Crippen LogP) is 2.34. The Bertz CT molecular complexity index is 221. The molecule has 0 radical (unpaired) electrons. The maximum atomic E-state index is 4.24. The van der Waals surface area contributed by atoms with E-state index in [1.807, 2.05) is 0 Å². The van der Waals surface area contributed by atoms with Gasteiger partial charge in [0.25, 0.3) is 0 Å². The SMILES string of the molecule is C=C1C(CCC)C(C)C2NC12C. The van der Waals surface area contributed by atoms with Crippen LogP contribution in [0, 0.1) is 11.8 Å². The quantitative estimate of drug-likeness (QED) is 0.492. The van der Waals surface area contributed by atoms with E-state index in [-0.39, 0.29) is 0 Å². The minimum Gasteiger partial charge on any atom is -0.301 e. The molecule has 12 heavy (non-hydrogen) atoms. The number of hydrogen-bond donors (Lipinski definition) is 1. The molecule has 0 aromatic heterocycles. The van der Waals surface area contributed by atoms with E-state index in [4.69, 9.17) is 0 Å². The van der Waals surface area contributed by atoms with Gasteiger partial charge in [0.05, 0.1) is 5.54 Å². The van der Waals surface area contributed by atoms with E-state index in [1.165, 1.54) is 18.4 Å². The molecule has 2 aliphatic rings. The average molecular weight is 165 g/mol. The highest BCUT2D eigenvalue weighted by Crippen LogP contribution is 2.53. The largest absolute Gasteiger partial charge is 0.301 e. The van der Waals surface area contributed by atoms with Crippen molar-refractivity contribution in [3.8, 4) is 0 Å². The maximum absolute atomic E-state index is 4.24. The van der Waals surface area contributed by atoms with Crippen molar-refractivity contribution in [3.05, 3.63) is 12.2 Å². The fourth-order valence-electron chi connectivity index (χ4n) is 2.91. The minimum absolute atomic E-state index is 0.319. The molecule has 1 saturated carbocycles. The van der Waals surface area contributed by atoms with Crippen molar-refractivity contribution in [2.45, 2.75) is 45.2 Å². The van der Waals surface area contributed by atoms with E-state index in [0.717, 1.165) is 17.9 Å². The van der Waals surface area contributed by atoms with Crippen LogP contribution in [0.5, 0.6) is 0 Å². The highest BCUT2D eigenvalue weighted by molar-refractivity contribution is 5.40. The molecule has 1 heteroatoms. The van der Waals surface area contributed by atoms with Gasteiger partial charge in [-0.15, -0.1) is 0 Å². The van der Waals surface area contributed by atoms with E-state index in [0.29, 0.717) is 5.54 Å². The van der Waals surface area contributed by atoms with Crippen LogP contribution in [-0.4, -0.2) is 11.6 Å². The first-order valence-corrected chi connectivity index (χ1v) is 5.08. The van der Waals surface area contributed by atoms with Gasteiger partial charge in [0.2, 0.25) is 0 Å². The van der Waals surface area contributed by atoms with Crippen molar-refractivity contribution >= 4 is 0 Å². The molecule has 1 saturated heterocycles. The highest BCUT2D eigenvalue weighted by atomic mass is 15.2. The zero-order chi connectivity index (χ0) is 8.93. The van der Waals surface area contributed by atoms with E-state index < -0.39 is 0 Å². The van der Waals surface area contributed by atoms with Crippen LogP contribution in [0.25, 0.3) is 0 Å². The average Bonchev–Trinajstić information content (AvgIpc) is 2.68. The Labute approximate surface area is 75.2 Å². The summed E-state index contributed by atoms with van der Waals surface area (Å²) in [5.41, 5.74) is 1.78. The van der Waals surface area contributed by atoms with E-state index in [9.17, 15) is 0 Å². The van der Waals surface area contributed by atoms with E-state index in [2.05, 4.69) is 32.7 Å². The topological polar surface area (TPSA) is 21.9 Å². The molecule has 0 spiro atoms. The molecule has 1 N–H and O–H groups in total. The molecule has 0 aromatic rings. The standard InChI is InChI=1S/C11H19N/c1-5-6-9-7(2)10-11(4,12-10)8(9)3/h7,9-10,12H,3,5-6H2,1-2,4H3. The summed E-state index contributed by atoms with van der Waals surface area (Å²) >= 11 is 0. The monoisotopic (exact) mass is 165 g/mol. The van der Waals surface area contributed by atoms with E-state index >= 15 is 0 Å². The number of nitrogens with one attached hydrogen (secondary N) is 1. The number of fused-ring (bicyclic) bond motifs is 1. The summed E-state index contributed by atoms with van der Waals surface area (Å²) in [5.74, 6) is 1.59. The molecule has 1 heterocycles. The zero-order valence-electron chi connectivity index (χ0n) is 8.35. The van der Waals surface area contributed by atoms with Gasteiger partial charge in [0, 0.05) is 6.04 Å². The van der Waals surface area contributed by atoms with Crippen molar-refractivity contribution in [3.63, 3.8) is 0 Å². The Morgan fingerprint density at radius 3 is 2.67 bits per heavy atom. The lowest BCUT2D eigenvalue weighted by molar-refractivity contribution is 0.402. The van der Waals surface area contributed by atoms with Gasteiger partial charge in [-0.25, -0.2) is 0 Å². The van der Waals surface area contributed by atoms with Crippen molar-refractivity contribution in [1.29, 1.82) is 0 Å². The first-order chi connectivity index (χ1) is 5.61. The van der Waals surface area contributed by atoms with Crippen LogP contribution >= 0.6 is 0 Å². The predicted molar refractivity (Wildman–Crippen MR) is 52.0 cm³/mol. The summed E-state index contributed by atoms with van der Waals surface area (Å²) in [7, 11) is 0. The van der Waals surface area contributed by atoms with Gasteiger partial charge >= 0.3 is 0 Å². The third-order valence-corrected chi connectivity index (χ3v) is 3.87. The van der Waals surface area contributed by atoms with Crippen LogP contribution in [0.1, 0.15) is 33.6 Å². The van der Waals surface area contributed by atoms with Crippen LogP contribution in [0.15, 0.2) is 12.2 Å². The Morgan fingerprint density at radius 2 is 2.25 bits per heavy atom. The fourth-order valence-corrected chi connectivity index (χ4v) is 2.91. The number of hydrogen-bond acceptors (Lipinski definition) is 1. The highest BCUT2D eigenvalue weighted by Gasteiger charge is 2.62. The molecular formula is C11H19N. The summed E-state index contributed by atoms with van der Waals surface area (Å²) < 4.78 is 0. The van der Waals surface area contributed by atoms with Gasteiger partial charge in [-0.05, 0) is 25.2 Å². The first kappa shape index (κ1) is 8.31. The van der Waals surface area contributed by atoms with Gasteiger partial charge in [0.1, 0.15) is 0 Å². The number of rotatable bonds is 2. The Hall–Kier alpha value is -0.300. The summed E-state index contributed by atoms with van der Waals surface area (Å²) in [6.45, 7) is 11.2. The molecule has 1 nitrogen and oxygen atoms in total. The Morgan fingerprint density at radius 1 is 1.58 bits per heavy atom. The van der Waals surface area contributed by atoms with Gasteiger partial charge in [0.15, 0.2) is 0 Å². The third-order valence-electron chi connectivity index (χ3n) is 3.87. The van der Waals surface area contributed by atoms with Crippen molar-refractivity contribution in [2.24, 2.45) is 11.8 Å². The van der Waals surface area contributed by atoms with Crippen molar-refractivity contribution < 1.29 is 0 Å². The maximum Gasteiger partial charge on any atom is 0.0527 e. The molecule has 2 fully saturated rings. The second kappa shape index (κ2) is 2.35. The van der Waals surface area contributed by atoms with Crippen LogP contribution < -0.4 is 5.32 Å². The summed E-state index contributed by atoms with van der Waals surface area (Å²) in [6, 6.07) is 0.738. The smallest absolute Gasteiger partial charge is 0.0527 e. The van der Waals surface area contributed by atoms with Crippen molar-refractivity contribution in [2.75, 3.05) is 0 Å². The Balaban J connectivity index is 2.14. The van der Waals surface area contributed by atoms with Crippen molar-refractivity contribution in [1.82, 2.24) is 5.32 Å². The van der Waals surface area contributed by atoms with Gasteiger partial charge in [-0.2, -0.15) is 0 Å². The van der Waals surface area contributed by atoms with Crippen LogP contribution in [-0.2, 0) is 0 Å². The Kier molecular flexibility index (Phi) is 1.63. The fraction of sp³-hybridized carbons (Fsp3) is 0.818. The molecule has 0 bridgehead atoms. The molecule has 2 rings (SSSR count). The molecule has 0 amide bonds. The second-order valence-electron chi connectivity index (χ2n) is 4.60. The number of piperidine rings is 1. The lowest BCUT2D eigenvalue weighted by Gasteiger charge is -2.20. The van der Waals surface area contributed by atoms with Gasteiger partial charge < -0.3 is 5.32 Å². The molecule has 4 unspecified atom stereocenters. The summed E-state index contributed by atoms with van der Waals surface area (Å²) in [4.78, 5) is 0. The zero-order valence-corrected chi connectivity index (χ0v) is 8.35. The van der Waals surface area contributed by atoms with E-state index in [1.54, 1.807) is 0 Å². The van der Waals surface area contributed by atoms with Gasteiger partial charge in [-0.3, -0.25) is 0 Å². The van der Waals surface area contributed by atoms with Gasteiger partial charge in [-0.1, -0.05) is 32.4 Å². The molecular weight excluding hydrogens is 146 g/mol. The molecule has 1 aliphatic heterocycles. The van der Waals surface area contributed by atoms with Crippen LogP contribution in [0.2, 0.25) is 0 Å². The lowest BCUT2D eigenvalue weighted by Crippen LogP contribution is -2.19. The first-order valence-electron chi connectivity index (χ1n) is 5.08. The normalized spacial score (nSPS) is 50.9. The molecule has 0 aromatic carbocycles. The summed E-state index contributed by atoms with van der Waals surface area (Å²) in [5, 5.41) is 3.53. The lowest BCUT2D eigenvalue weighted by atomic mass is 9.88. The third kappa shape index (κ3) is 0.832. The molecule has 4 atom stereocenters. The molecule has 1 aliphatic carbocycles. The summed E-state index contributed by atoms with van der Waals surface area (Å²) in [6.07, 6.45) is 2.62. The molecule has 68 valence electrons.